The molecule has 6 nitrogen and oxygen atoms in total. The molecule has 1 aliphatic heterocycles. The summed E-state index contributed by atoms with van der Waals surface area (Å²) in [6.07, 6.45) is 0.730. The molecule has 1 aromatic rings. The van der Waals surface area contributed by atoms with E-state index in [0.717, 1.165) is 25.3 Å². The van der Waals surface area contributed by atoms with Gasteiger partial charge in [-0.25, -0.2) is 4.79 Å². The van der Waals surface area contributed by atoms with Crippen molar-refractivity contribution in [1.82, 2.24) is 15.1 Å². The fraction of sp³-hybridized carbons (Fsp3) is 0.667. The summed E-state index contributed by atoms with van der Waals surface area (Å²) >= 11 is 5.74. The molecule has 2 rings (SSSR count). The van der Waals surface area contributed by atoms with Crippen LogP contribution in [0.4, 0.5) is 10.6 Å². The number of halogens is 1. The number of nitrogens with zero attached hydrogens (tertiary/aromatic N) is 4. The lowest BCUT2D eigenvalue weighted by atomic mass is 10.1. The number of likely N-dealkylation sites (tertiary alicyclic amines) is 1. The van der Waals surface area contributed by atoms with E-state index in [-0.39, 0.29) is 6.09 Å². The van der Waals surface area contributed by atoms with Crippen LogP contribution in [0.5, 0.6) is 0 Å². The molecule has 7 heteroatoms. The molecule has 0 bridgehead atoms. The third kappa shape index (κ3) is 4.73. The van der Waals surface area contributed by atoms with Crippen LogP contribution in [0.15, 0.2) is 12.1 Å². The normalized spacial score (nSPS) is 18.4. The van der Waals surface area contributed by atoms with Gasteiger partial charge in [-0.15, -0.1) is 10.2 Å². The summed E-state index contributed by atoms with van der Waals surface area (Å²) in [5, 5.41) is 8.29. The molecule has 1 aromatic heterocycles. The number of ether oxygens (including phenoxy) is 1. The molecule has 0 spiro atoms. The lowest BCUT2D eigenvalue weighted by Crippen LogP contribution is -2.36. The number of hydrogen-bond acceptors (Lipinski definition) is 5. The number of amides is 1. The number of hydrogen-bond donors (Lipinski definition) is 0. The summed E-state index contributed by atoms with van der Waals surface area (Å²) in [7, 11) is 1.97. The van der Waals surface area contributed by atoms with Crippen molar-refractivity contribution < 1.29 is 9.53 Å². The Labute approximate surface area is 136 Å². The summed E-state index contributed by atoms with van der Waals surface area (Å²) in [5.74, 6) is 1.18. The summed E-state index contributed by atoms with van der Waals surface area (Å²) < 4.78 is 5.41. The molecule has 1 unspecified atom stereocenters. The molecule has 122 valence electrons. The Balaban J connectivity index is 1.85. The Morgan fingerprint density at radius 3 is 2.77 bits per heavy atom. The minimum atomic E-state index is -0.454. The van der Waals surface area contributed by atoms with E-state index in [1.807, 2.05) is 38.8 Å². The molecule has 1 amide bonds. The van der Waals surface area contributed by atoms with Crippen molar-refractivity contribution >= 4 is 23.5 Å². The molecule has 0 aliphatic carbocycles. The van der Waals surface area contributed by atoms with E-state index in [1.54, 1.807) is 11.0 Å². The average Bonchev–Trinajstić information content (AvgIpc) is 2.86. The molecule has 2 heterocycles. The van der Waals surface area contributed by atoms with Crippen molar-refractivity contribution in [3.8, 4) is 0 Å². The standard InChI is InChI=1S/C15H23ClN4O2/c1-15(2,3)22-14(21)20-8-7-11(10-20)9-19(4)13-6-5-12(16)17-18-13/h5-6,11H,7-10H2,1-4H3. The predicted molar refractivity (Wildman–Crippen MR) is 86.2 cm³/mol. The van der Waals surface area contributed by atoms with Gasteiger partial charge < -0.3 is 14.5 Å². The van der Waals surface area contributed by atoms with Crippen LogP contribution in [0.2, 0.25) is 5.15 Å². The highest BCUT2D eigenvalue weighted by Gasteiger charge is 2.30. The van der Waals surface area contributed by atoms with E-state index in [1.165, 1.54) is 0 Å². The second-order valence-corrected chi connectivity index (χ2v) is 7.06. The van der Waals surface area contributed by atoms with Crippen LogP contribution >= 0.6 is 11.6 Å². The molecular weight excluding hydrogens is 304 g/mol. The van der Waals surface area contributed by atoms with Crippen molar-refractivity contribution in [2.24, 2.45) is 5.92 Å². The number of carbonyl (C=O) groups excluding carboxylic acids is 1. The third-order valence-corrected chi connectivity index (χ3v) is 3.68. The van der Waals surface area contributed by atoms with Crippen LogP contribution in [0, 0.1) is 5.92 Å². The molecule has 22 heavy (non-hydrogen) atoms. The van der Waals surface area contributed by atoms with Gasteiger partial charge in [-0.1, -0.05) is 11.6 Å². The zero-order chi connectivity index (χ0) is 16.3. The number of carbonyl (C=O) groups is 1. The number of rotatable bonds is 3. The highest BCUT2D eigenvalue weighted by Crippen LogP contribution is 2.21. The second-order valence-electron chi connectivity index (χ2n) is 6.68. The Morgan fingerprint density at radius 2 is 2.18 bits per heavy atom. The summed E-state index contributed by atoms with van der Waals surface area (Å²) in [6, 6.07) is 3.57. The van der Waals surface area contributed by atoms with E-state index < -0.39 is 5.60 Å². The first-order chi connectivity index (χ1) is 10.2. The van der Waals surface area contributed by atoms with Gasteiger partial charge in [0.15, 0.2) is 11.0 Å². The highest BCUT2D eigenvalue weighted by molar-refractivity contribution is 6.29. The quantitative estimate of drug-likeness (QED) is 0.854. The summed E-state index contributed by atoms with van der Waals surface area (Å²) in [5.41, 5.74) is -0.454. The van der Waals surface area contributed by atoms with Crippen LogP contribution in [0.25, 0.3) is 0 Å². The van der Waals surface area contributed by atoms with Crippen molar-refractivity contribution in [3.05, 3.63) is 17.3 Å². The maximum absolute atomic E-state index is 12.1. The largest absolute Gasteiger partial charge is 0.444 e. The fourth-order valence-corrected chi connectivity index (χ4v) is 2.57. The Morgan fingerprint density at radius 1 is 1.45 bits per heavy atom. The van der Waals surface area contributed by atoms with Crippen molar-refractivity contribution in [1.29, 1.82) is 0 Å². The van der Waals surface area contributed by atoms with Crippen molar-refractivity contribution in [2.75, 3.05) is 31.6 Å². The van der Waals surface area contributed by atoms with Crippen LogP contribution in [-0.2, 0) is 4.74 Å². The molecule has 0 radical (unpaired) electrons. The minimum Gasteiger partial charge on any atom is -0.444 e. The molecule has 1 saturated heterocycles. The smallest absolute Gasteiger partial charge is 0.410 e. The van der Waals surface area contributed by atoms with Gasteiger partial charge in [0.05, 0.1) is 0 Å². The molecule has 1 fully saturated rings. The van der Waals surface area contributed by atoms with E-state index in [2.05, 4.69) is 10.2 Å². The van der Waals surface area contributed by atoms with Crippen molar-refractivity contribution in [3.63, 3.8) is 0 Å². The van der Waals surface area contributed by atoms with Gasteiger partial charge in [0, 0.05) is 26.7 Å². The monoisotopic (exact) mass is 326 g/mol. The van der Waals surface area contributed by atoms with E-state index in [4.69, 9.17) is 16.3 Å². The molecule has 1 aliphatic rings. The number of aromatic nitrogens is 2. The maximum atomic E-state index is 12.1. The predicted octanol–water partition coefficient (Wildman–Crippen LogP) is 2.82. The van der Waals surface area contributed by atoms with Gasteiger partial charge in [0.2, 0.25) is 0 Å². The first kappa shape index (κ1) is 16.8. The second kappa shape index (κ2) is 6.69. The summed E-state index contributed by atoms with van der Waals surface area (Å²) in [6.45, 7) is 7.90. The Hall–Kier alpha value is -1.56. The SMILES string of the molecule is CN(CC1CCN(C(=O)OC(C)(C)C)C1)c1ccc(Cl)nn1. The van der Waals surface area contributed by atoms with E-state index in [9.17, 15) is 4.79 Å². The lowest BCUT2D eigenvalue weighted by Gasteiger charge is -2.25. The topological polar surface area (TPSA) is 58.6 Å². The lowest BCUT2D eigenvalue weighted by molar-refractivity contribution is 0.0288. The van der Waals surface area contributed by atoms with E-state index >= 15 is 0 Å². The van der Waals surface area contributed by atoms with Gasteiger partial charge >= 0.3 is 6.09 Å². The van der Waals surface area contributed by atoms with Gasteiger partial charge in [-0.2, -0.15) is 0 Å². The third-order valence-electron chi connectivity index (χ3n) is 3.48. The van der Waals surface area contributed by atoms with Crippen LogP contribution < -0.4 is 4.90 Å². The van der Waals surface area contributed by atoms with Gasteiger partial charge in [0.1, 0.15) is 5.60 Å². The van der Waals surface area contributed by atoms with Gasteiger partial charge in [-0.3, -0.25) is 0 Å². The molecule has 1 atom stereocenters. The average molecular weight is 327 g/mol. The minimum absolute atomic E-state index is 0.232. The maximum Gasteiger partial charge on any atom is 0.410 e. The molecule has 0 saturated carbocycles. The van der Waals surface area contributed by atoms with Crippen LogP contribution in [-0.4, -0.2) is 53.5 Å². The van der Waals surface area contributed by atoms with Crippen LogP contribution in [0.3, 0.4) is 0 Å². The van der Waals surface area contributed by atoms with Crippen molar-refractivity contribution in [2.45, 2.75) is 32.8 Å². The van der Waals surface area contributed by atoms with Gasteiger partial charge in [0.25, 0.3) is 0 Å². The molecule has 0 N–H and O–H groups in total. The zero-order valence-electron chi connectivity index (χ0n) is 13.5. The first-order valence-corrected chi connectivity index (χ1v) is 7.81. The summed E-state index contributed by atoms with van der Waals surface area (Å²) in [4.78, 5) is 15.9. The number of anilines is 1. The molecular formula is C15H23ClN4O2. The highest BCUT2D eigenvalue weighted by atomic mass is 35.5. The Kier molecular flexibility index (Phi) is 5.11. The molecule has 0 aromatic carbocycles. The first-order valence-electron chi connectivity index (χ1n) is 7.43. The van der Waals surface area contributed by atoms with Gasteiger partial charge in [-0.05, 0) is 45.2 Å². The fourth-order valence-electron chi connectivity index (χ4n) is 2.47. The van der Waals surface area contributed by atoms with E-state index in [0.29, 0.717) is 17.6 Å². The van der Waals surface area contributed by atoms with Crippen LogP contribution in [0.1, 0.15) is 27.2 Å². The zero-order valence-corrected chi connectivity index (χ0v) is 14.3. The Bertz CT molecular complexity index is 515.